The maximum atomic E-state index is 12.6. The quantitative estimate of drug-likeness (QED) is 0.247. The summed E-state index contributed by atoms with van der Waals surface area (Å²) in [6, 6.07) is 7.92. The molecule has 2 heterocycles. The third-order valence-corrected chi connectivity index (χ3v) is 5.37. The van der Waals surface area contributed by atoms with Crippen LogP contribution in [0.2, 0.25) is 0 Å². The number of guanidine groups is 1. The molecule has 11 heteroatoms. The maximum Gasteiger partial charge on any atom is 0.434 e. The minimum Gasteiger partial charge on any atom is -0.356 e. The van der Waals surface area contributed by atoms with E-state index in [1.165, 1.54) is 5.56 Å². The Bertz CT molecular complexity index is 887. The van der Waals surface area contributed by atoms with Crippen molar-refractivity contribution in [1.82, 2.24) is 15.6 Å². The number of halogens is 4. The number of anilines is 1. The van der Waals surface area contributed by atoms with Crippen LogP contribution in [0.4, 0.5) is 18.9 Å². The van der Waals surface area contributed by atoms with Crippen molar-refractivity contribution < 1.29 is 18.0 Å². The van der Waals surface area contributed by atoms with Gasteiger partial charge in [-0.15, -0.1) is 35.3 Å². The largest absolute Gasteiger partial charge is 0.434 e. The molecule has 6 nitrogen and oxygen atoms in total. The van der Waals surface area contributed by atoms with Crippen molar-refractivity contribution in [2.75, 3.05) is 25.0 Å². The van der Waals surface area contributed by atoms with E-state index in [-0.39, 0.29) is 36.4 Å². The van der Waals surface area contributed by atoms with Gasteiger partial charge >= 0.3 is 6.18 Å². The molecule has 0 saturated heterocycles. The number of aromatic nitrogens is 1. The van der Waals surface area contributed by atoms with E-state index in [9.17, 15) is 18.0 Å². The van der Waals surface area contributed by atoms with E-state index in [0.717, 1.165) is 28.8 Å². The summed E-state index contributed by atoms with van der Waals surface area (Å²) >= 11 is 0.943. The third-order valence-electron chi connectivity index (χ3n) is 4.52. The topological polar surface area (TPSA) is 69.6 Å². The van der Waals surface area contributed by atoms with Gasteiger partial charge in [0.2, 0.25) is 5.91 Å². The van der Waals surface area contributed by atoms with Crippen LogP contribution in [0, 0.1) is 0 Å². The van der Waals surface area contributed by atoms with Gasteiger partial charge in [-0.3, -0.25) is 9.79 Å². The highest BCUT2D eigenvalue weighted by Crippen LogP contribution is 2.30. The molecule has 0 aliphatic carbocycles. The molecule has 2 aromatic rings. The summed E-state index contributed by atoms with van der Waals surface area (Å²) in [4.78, 5) is 21.9. The highest BCUT2D eigenvalue weighted by molar-refractivity contribution is 14.0. The summed E-state index contributed by atoms with van der Waals surface area (Å²) in [6.45, 7) is 1.37. The zero-order valence-electron chi connectivity index (χ0n) is 16.3. The lowest BCUT2D eigenvalue weighted by Gasteiger charge is -2.17. The lowest BCUT2D eigenvalue weighted by molar-refractivity contribution is -0.140. The number of thiazole rings is 1. The van der Waals surface area contributed by atoms with Crippen molar-refractivity contribution >= 4 is 52.9 Å². The first-order valence-electron chi connectivity index (χ1n) is 9.23. The predicted octanol–water partition coefficient (Wildman–Crippen LogP) is 3.81. The Hall–Kier alpha value is -1.89. The number of fused-ring (bicyclic) bond motifs is 1. The van der Waals surface area contributed by atoms with Crippen LogP contribution in [0.3, 0.4) is 0 Å². The molecule has 30 heavy (non-hydrogen) atoms. The fraction of sp³-hybridized carbons (Fsp3) is 0.421. The van der Waals surface area contributed by atoms with E-state index in [1.807, 2.05) is 29.2 Å². The van der Waals surface area contributed by atoms with Crippen molar-refractivity contribution in [2.45, 2.75) is 32.0 Å². The molecule has 1 amide bonds. The van der Waals surface area contributed by atoms with Crippen molar-refractivity contribution in [3.63, 3.8) is 0 Å². The van der Waals surface area contributed by atoms with Crippen LogP contribution in [-0.2, 0) is 23.9 Å². The minimum absolute atomic E-state index is 0. The lowest BCUT2D eigenvalue weighted by Crippen LogP contribution is -2.38. The number of hydrogen-bond acceptors (Lipinski definition) is 4. The number of nitrogens with one attached hydrogen (secondary N) is 2. The van der Waals surface area contributed by atoms with Crippen LogP contribution < -0.4 is 15.5 Å². The molecular weight excluding hydrogens is 530 g/mol. The Labute approximate surface area is 194 Å². The molecular formula is C19H23F3IN5OS. The van der Waals surface area contributed by atoms with Crippen LogP contribution >= 0.6 is 35.3 Å². The summed E-state index contributed by atoms with van der Waals surface area (Å²) < 4.78 is 37.8. The van der Waals surface area contributed by atoms with Gasteiger partial charge in [0.15, 0.2) is 11.7 Å². The number of nitrogens with zero attached hydrogens (tertiary/aromatic N) is 3. The van der Waals surface area contributed by atoms with E-state index in [1.54, 1.807) is 7.05 Å². The first kappa shape index (κ1) is 24.4. The number of benzene rings is 1. The van der Waals surface area contributed by atoms with Gasteiger partial charge in [-0.1, -0.05) is 18.2 Å². The number of alkyl halides is 3. The summed E-state index contributed by atoms with van der Waals surface area (Å²) in [5.74, 6) is 0.537. The minimum atomic E-state index is -4.43. The molecule has 0 saturated carbocycles. The van der Waals surface area contributed by atoms with Crippen LogP contribution in [0.1, 0.15) is 29.1 Å². The van der Waals surface area contributed by atoms with Gasteiger partial charge in [0.1, 0.15) is 5.01 Å². The molecule has 1 aromatic heterocycles. The van der Waals surface area contributed by atoms with Crippen molar-refractivity contribution in [1.29, 1.82) is 0 Å². The second-order valence-corrected chi connectivity index (χ2v) is 7.45. The summed E-state index contributed by atoms with van der Waals surface area (Å²) in [7, 11) is 1.57. The molecule has 1 aliphatic heterocycles. The Balaban J connectivity index is 0.00000320. The molecule has 1 aliphatic rings. The first-order chi connectivity index (χ1) is 13.9. The molecule has 0 spiro atoms. The zero-order valence-corrected chi connectivity index (χ0v) is 19.5. The van der Waals surface area contributed by atoms with Gasteiger partial charge in [-0.2, -0.15) is 13.2 Å². The van der Waals surface area contributed by atoms with E-state index in [2.05, 4.69) is 20.6 Å². The fourth-order valence-corrected chi connectivity index (χ4v) is 3.82. The number of carbonyl (C=O) groups excluding carboxylic acids is 1. The Morgan fingerprint density at radius 3 is 2.77 bits per heavy atom. The van der Waals surface area contributed by atoms with Crippen LogP contribution in [0.5, 0.6) is 0 Å². The second kappa shape index (κ2) is 10.9. The molecule has 2 N–H and O–H groups in total. The highest BCUT2D eigenvalue weighted by Gasteiger charge is 2.33. The third kappa shape index (κ3) is 6.30. The van der Waals surface area contributed by atoms with E-state index >= 15 is 0 Å². The predicted molar refractivity (Wildman–Crippen MR) is 122 cm³/mol. The average Bonchev–Trinajstić information content (AvgIpc) is 3.34. The van der Waals surface area contributed by atoms with Gasteiger partial charge in [0, 0.05) is 37.6 Å². The number of rotatable bonds is 6. The fourth-order valence-electron chi connectivity index (χ4n) is 3.08. The SMILES string of the molecule is CN=C(NCCCC(=O)N1CCc2ccccc21)NCc1nc(C(F)(F)F)cs1.I. The van der Waals surface area contributed by atoms with E-state index < -0.39 is 11.9 Å². The molecule has 164 valence electrons. The molecule has 1 aromatic carbocycles. The van der Waals surface area contributed by atoms with Crippen LogP contribution in [-0.4, -0.2) is 37.0 Å². The first-order valence-corrected chi connectivity index (χ1v) is 10.1. The van der Waals surface area contributed by atoms with Gasteiger partial charge in [-0.25, -0.2) is 4.98 Å². The van der Waals surface area contributed by atoms with Crippen molar-refractivity contribution in [3.05, 3.63) is 45.9 Å². The second-order valence-electron chi connectivity index (χ2n) is 6.50. The summed E-state index contributed by atoms with van der Waals surface area (Å²) in [5.41, 5.74) is 1.30. The number of carbonyl (C=O) groups is 1. The molecule has 0 fully saturated rings. The average molecular weight is 553 g/mol. The number of aliphatic imine (C=N–C) groups is 1. The molecule has 0 bridgehead atoms. The Kier molecular flexibility index (Phi) is 8.89. The lowest BCUT2D eigenvalue weighted by atomic mass is 10.2. The van der Waals surface area contributed by atoms with Crippen LogP contribution in [0.25, 0.3) is 0 Å². The summed E-state index contributed by atoms with van der Waals surface area (Å²) in [5, 5.41) is 7.31. The highest BCUT2D eigenvalue weighted by atomic mass is 127. The molecule has 0 radical (unpaired) electrons. The smallest absolute Gasteiger partial charge is 0.356 e. The van der Waals surface area contributed by atoms with Gasteiger partial charge in [0.05, 0.1) is 6.54 Å². The molecule has 0 unspecified atom stereocenters. The van der Waals surface area contributed by atoms with Gasteiger partial charge < -0.3 is 15.5 Å². The van der Waals surface area contributed by atoms with Gasteiger partial charge in [0.25, 0.3) is 0 Å². The number of hydrogen-bond donors (Lipinski definition) is 2. The van der Waals surface area contributed by atoms with E-state index in [0.29, 0.717) is 36.9 Å². The number of amides is 1. The monoisotopic (exact) mass is 553 g/mol. The Morgan fingerprint density at radius 2 is 2.07 bits per heavy atom. The maximum absolute atomic E-state index is 12.6. The molecule has 3 rings (SSSR count). The van der Waals surface area contributed by atoms with Gasteiger partial charge in [-0.05, 0) is 24.5 Å². The number of para-hydroxylation sites is 1. The summed E-state index contributed by atoms with van der Waals surface area (Å²) in [6.07, 6.45) is -2.53. The standard InChI is InChI=1S/C19H22F3N5OS.HI/c1-23-18(25-11-16-26-15(12-29-16)19(20,21)22)24-9-4-7-17(28)27-10-8-13-5-2-3-6-14(13)27;/h2-3,5-6,12H,4,7-11H2,1H3,(H2,23,24,25);1H. The van der Waals surface area contributed by atoms with Crippen molar-refractivity contribution in [2.24, 2.45) is 4.99 Å². The van der Waals surface area contributed by atoms with Crippen molar-refractivity contribution in [3.8, 4) is 0 Å². The van der Waals surface area contributed by atoms with E-state index in [4.69, 9.17) is 0 Å². The normalized spacial score (nSPS) is 13.6. The Morgan fingerprint density at radius 1 is 1.30 bits per heavy atom. The zero-order chi connectivity index (χ0) is 20.9. The molecule has 0 atom stereocenters. The van der Waals surface area contributed by atoms with Crippen LogP contribution in [0.15, 0.2) is 34.6 Å².